The molecule has 3 aliphatic rings. The molecule has 3 aliphatic heterocycles. The summed E-state index contributed by atoms with van der Waals surface area (Å²) in [5.41, 5.74) is 5.81. The Morgan fingerprint density at radius 2 is 0.699 bits per heavy atom. The minimum atomic E-state index is -1.70. The van der Waals surface area contributed by atoms with Gasteiger partial charge in [-0.25, -0.2) is 0 Å². The van der Waals surface area contributed by atoms with E-state index >= 15 is 0 Å². The monoisotopic (exact) mass is 996 g/mol. The summed E-state index contributed by atoms with van der Waals surface area (Å²) in [5.74, 6) is -1.70. The van der Waals surface area contributed by atoms with Crippen molar-refractivity contribution in [3.63, 3.8) is 0 Å². The molecule has 0 spiro atoms. The molecule has 0 aliphatic carbocycles. The van der Waals surface area contributed by atoms with Crippen LogP contribution in [0.1, 0.15) is 33.4 Å². The van der Waals surface area contributed by atoms with Crippen molar-refractivity contribution < 1.29 is 61.6 Å². The van der Waals surface area contributed by atoms with Gasteiger partial charge in [0.05, 0.1) is 92.5 Å². The highest BCUT2D eigenvalue weighted by Gasteiger charge is 2.62. The van der Waals surface area contributed by atoms with Crippen molar-refractivity contribution in [2.75, 3.05) is 59.5 Å². The van der Waals surface area contributed by atoms with Crippen molar-refractivity contribution in [1.29, 1.82) is 0 Å². The van der Waals surface area contributed by atoms with Crippen LogP contribution in [0.15, 0.2) is 182 Å². The van der Waals surface area contributed by atoms with Gasteiger partial charge in [0.2, 0.25) is 5.79 Å². The standard InChI is InChI=1S/C60H68O13/c1-7-19-46(20-8-1)37-65-45-60-58(70-42-51-29-17-6-18-30-51)55(67-39-48-23-11-3-12-24-48)53(72-60)44-64-36-34-62-32-31-61-33-35-63-43-52-54(66-38-47-21-9-2-10-22-47)56(68-40-49-25-13-4-14-26-49)57(59(71-52)73-60)69-41-50-27-15-5-16-28-50/h1-30,52-59H,31-45H2/t52-,53-,54+,55-,56+,57-,58+,59-,60+/m1/s1. The Labute approximate surface area is 429 Å². The van der Waals surface area contributed by atoms with Crippen LogP contribution in [0.5, 0.6) is 0 Å². The first-order valence-corrected chi connectivity index (χ1v) is 25.4. The Morgan fingerprint density at radius 1 is 0.342 bits per heavy atom. The highest BCUT2D eigenvalue weighted by molar-refractivity contribution is 5.18. The van der Waals surface area contributed by atoms with Gasteiger partial charge in [-0.15, -0.1) is 0 Å². The Balaban J connectivity index is 1.14. The minimum absolute atomic E-state index is 0.0978. The first-order chi connectivity index (χ1) is 36.2. The number of hydrogen-bond acceptors (Lipinski definition) is 13. The first kappa shape index (κ1) is 52.7. The zero-order chi connectivity index (χ0) is 49.6. The van der Waals surface area contributed by atoms with Crippen LogP contribution >= 0.6 is 0 Å². The number of hydrogen-bond donors (Lipinski definition) is 0. The van der Waals surface area contributed by atoms with Crippen LogP contribution in [0, 0.1) is 0 Å². The quantitative estimate of drug-likeness (QED) is 0.0769. The summed E-state index contributed by atoms with van der Waals surface area (Å²) in [6.07, 6.45) is -6.69. The highest BCUT2D eigenvalue weighted by atomic mass is 16.8. The van der Waals surface area contributed by atoms with Crippen LogP contribution in [-0.2, 0) is 101 Å². The molecule has 0 aromatic heterocycles. The molecule has 9 rings (SSSR count). The molecular weight excluding hydrogens is 929 g/mol. The Morgan fingerprint density at radius 3 is 1.15 bits per heavy atom. The predicted molar refractivity (Wildman–Crippen MR) is 272 cm³/mol. The summed E-state index contributed by atoms with van der Waals surface area (Å²) in [4.78, 5) is 0. The second-order valence-corrected chi connectivity index (χ2v) is 18.2. The van der Waals surface area contributed by atoms with Crippen LogP contribution in [0.25, 0.3) is 0 Å². The maximum atomic E-state index is 7.59. The van der Waals surface area contributed by atoms with Gasteiger partial charge in [0.25, 0.3) is 0 Å². The maximum absolute atomic E-state index is 7.59. The lowest BCUT2D eigenvalue weighted by Gasteiger charge is -2.48. The SMILES string of the molecule is c1ccc(COC[C@@]23O[C@H]4O[C@H](COCCOCCOCCOC[C@@H](O2)[C@@H](OCc2ccccc2)[C@@H]3OCc2ccccc2)[C@H](OCc2ccccc2)[C@H](OCc2ccccc2)[C@H]4OCc2ccccc2)cc1. The van der Waals surface area contributed by atoms with Crippen LogP contribution < -0.4 is 0 Å². The molecule has 0 saturated carbocycles. The summed E-state index contributed by atoms with van der Waals surface area (Å²) in [6.45, 7) is 3.68. The summed E-state index contributed by atoms with van der Waals surface area (Å²) in [7, 11) is 0. The van der Waals surface area contributed by atoms with E-state index in [0.717, 1.165) is 33.4 Å². The summed E-state index contributed by atoms with van der Waals surface area (Å²) < 4.78 is 88.7. The fourth-order valence-corrected chi connectivity index (χ4v) is 9.17. The molecule has 3 heterocycles. The third kappa shape index (κ3) is 15.7. The average molecular weight is 997 g/mol. The van der Waals surface area contributed by atoms with Crippen LogP contribution in [0.4, 0.5) is 0 Å². The van der Waals surface area contributed by atoms with E-state index < -0.39 is 54.8 Å². The van der Waals surface area contributed by atoms with E-state index in [2.05, 4.69) is 0 Å². The molecule has 0 amide bonds. The van der Waals surface area contributed by atoms with Gasteiger partial charge in [-0.2, -0.15) is 0 Å². The van der Waals surface area contributed by atoms with Crippen LogP contribution in [-0.4, -0.2) is 114 Å². The highest BCUT2D eigenvalue weighted by Crippen LogP contribution is 2.42. The van der Waals surface area contributed by atoms with Crippen molar-refractivity contribution in [3.05, 3.63) is 215 Å². The van der Waals surface area contributed by atoms with E-state index in [-0.39, 0.29) is 59.5 Å². The molecule has 73 heavy (non-hydrogen) atoms. The van der Waals surface area contributed by atoms with Crippen molar-refractivity contribution in [2.45, 2.75) is 94.4 Å². The third-order valence-electron chi connectivity index (χ3n) is 12.9. The number of fused-ring (bicyclic) bond motifs is 4. The van der Waals surface area contributed by atoms with E-state index in [9.17, 15) is 0 Å². The lowest BCUT2D eigenvalue weighted by Crippen LogP contribution is -2.65. The Hall–Kier alpha value is -5.20. The summed E-state index contributed by atoms with van der Waals surface area (Å²) in [5, 5.41) is 0. The molecule has 4 bridgehead atoms. The normalized spacial score (nSPS) is 26.3. The van der Waals surface area contributed by atoms with Gasteiger partial charge in [0, 0.05) is 0 Å². The minimum Gasteiger partial charge on any atom is -0.377 e. The third-order valence-corrected chi connectivity index (χ3v) is 12.9. The molecule has 386 valence electrons. The number of benzene rings is 6. The fourth-order valence-electron chi connectivity index (χ4n) is 9.17. The van der Waals surface area contributed by atoms with Gasteiger partial charge in [-0.05, 0) is 33.4 Å². The lowest BCUT2D eigenvalue weighted by molar-refractivity contribution is -0.398. The van der Waals surface area contributed by atoms with E-state index in [1.54, 1.807) is 0 Å². The van der Waals surface area contributed by atoms with Crippen LogP contribution in [0.2, 0.25) is 0 Å². The molecule has 0 unspecified atom stereocenters. The topological polar surface area (TPSA) is 120 Å². The van der Waals surface area contributed by atoms with Crippen LogP contribution in [0.3, 0.4) is 0 Å². The summed E-state index contributed by atoms with van der Waals surface area (Å²) in [6, 6.07) is 60.1. The van der Waals surface area contributed by atoms with E-state index in [1.165, 1.54) is 0 Å². The zero-order valence-corrected chi connectivity index (χ0v) is 41.4. The zero-order valence-electron chi connectivity index (χ0n) is 41.4. The lowest BCUT2D eigenvalue weighted by atomic mass is 9.97. The molecule has 0 radical (unpaired) electrons. The molecule has 13 heteroatoms. The first-order valence-electron chi connectivity index (χ1n) is 25.4. The summed E-state index contributed by atoms with van der Waals surface area (Å²) >= 11 is 0. The van der Waals surface area contributed by atoms with Crippen molar-refractivity contribution in [2.24, 2.45) is 0 Å². The van der Waals surface area contributed by atoms with E-state index in [1.807, 2.05) is 182 Å². The molecule has 13 nitrogen and oxygen atoms in total. The second kappa shape index (κ2) is 28.5. The van der Waals surface area contributed by atoms with Gasteiger partial charge < -0.3 is 61.6 Å². The van der Waals surface area contributed by atoms with E-state index in [4.69, 9.17) is 61.6 Å². The van der Waals surface area contributed by atoms with Gasteiger partial charge in [-0.3, -0.25) is 0 Å². The smallest absolute Gasteiger partial charge is 0.224 e. The number of ether oxygens (including phenoxy) is 13. The molecule has 6 aromatic rings. The molecular formula is C60H68O13. The fraction of sp³-hybridized carbons (Fsp3) is 0.400. The molecule has 3 saturated heterocycles. The molecule has 3 fully saturated rings. The Bertz CT molecular complexity index is 2400. The van der Waals surface area contributed by atoms with Gasteiger partial charge in [-0.1, -0.05) is 182 Å². The van der Waals surface area contributed by atoms with Gasteiger partial charge >= 0.3 is 0 Å². The maximum Gasteiger partial charge on any atom is 0.224 e. The van der Waals surface area contributed by atoms with Gasteiger partial charge in [0.15, 0.2) is 6.29 Å². The van der Waals surface area contributed by atoms with Crippen molar-refractivity contribution in [1.82, 2.24) is 0 Å². The largest absolute Gasteiger partial charge is 0.377 e. The Kier molecular flexibility index (Phi) is 20.5. The van der Waals surface area contributed by atoms with Crippen molar-refractivity contribution in [3.8, 4) is 0 Å². The van der Waals surface area contributed by atoms with E-state index in [0.29, 0.717) is 39.6 Å². The van der Waals surface area contributed by atoms with Gasteiger partial charge in [0.1, 0.15) is 49.3 Å². The van der Waals surface area contributed by atoms with Crippen molar-refractivity contribution >= 4 is 0 Å². The molecule has 6 aromatic carbocycles. The number of rotatable bonds is 19. The average Bonchev–Trinajstić information content (AvgIpc) is 3.72. The molecule has 0 N–H and O–H groups in total. The predicted octanol–water partition coefficient (Wildman–Crippen LogP) is 9.05. The molecule has 9 atom stereocenters. The second-order valence-electron chi connectivity index (χ2n) is 18.2.